The Hall–Kier alpha value is -1.61. The van der Waals surface area contributed by atoms with Gasteiger partial charge in [0, 0.05) is 25.2 Å². The molecule has 0 saturated carbocycles. The van der Waals surface area contributed by atoms with Crippen molar-refractivity contribution in [3.63, 3.8) is 0 Å². The minimum Gasteiger partial charge on any atom is -0.360 e. The van der Waals surface area contributed by atoms with Crippen molar-refractivity contribution in [1.29, 1.82) is 0 Å². The molecule has 2 rings (SSSR count). The quantitative estimate of drug-likeness (QED) is 0.848. The molecule has 0 radical (unpaired) electrons. The van der Waals surface area contributed by atoms with Gasteiger partial charge in [-0.2, -0.15) is 0 Å². The van der Waals surface area contributed by atoms with Gasteiger partial charge in [-0.05, 0) is 27.4 Å². The Bertz CT molecular complexity index is 626. The summed E-state index contributed by atoms with van der Waals surface area (Å²) in [6.07, 6.45) is 0.473. The van der Waals surface area contributed by atoms with Gasteiger partial charge >= 0.3 is 6.03 Å². The number of hydrogen-bond acceptors (Lipinski definition) is 6. The molecule has 1 unspecified atom stereocenters. The first-order valence-corrected chi connectivity index (χ1v) is 8.95. The van der Waals surface area contributed by atoms with E-state index in [2.05, 4.69) is 10.5 Å². The van der Waals surface area contributed by atoms with Gasteiger partial charge in [0.05, 0.1) is 11.5 Å². The van der Waals surface area contributed by atoms with Crippen LogP contribution in [0, 0.1) is 6.92 Å². The lowest BCUT2D eigenvalue weighted by Gasteiger charge is -2.29. The van der Waals surface area contributed by atoms with Gasteiger partial charge in [0.25, 0.3) is 0 Å². The molecule has 1 fully saturated rings. The van der Waals surface area contributed by atoms with E-state index in [0.717, 1.165) is 0 Å². The van der Waals surface area contributed by atoms with Crippen molar-refractivity contribution in [2.75, 3.05) is 44.0 Å². The molecule has 1 aliphatic rings. The summed E-state index contributed by atoms with van der Waals surface area (Å²) in [5.74, 6) is 1.08. The first-order chi connectivity index (χ1) is 10.3. The number of aryl methyl sites for hydroxylation is 1. The molecule has 1 saturated heterocycles. The van der Waals surface area contributed by atoms with E-state index in [1.165, 1.54) is 0 Å². The molecule has 0 bridgehead atoms. The lowest BCUT2D eigenvalue weighted by Crippen LogP contribution is -2.46. The summed E-state index contributed by atoms with van der Waals surface area (Å²) >= 11 is 0. The van der Waals surface area contributed by atoms with Crippen molar-refractivity contribution in [3.8, 4) is 0 Å². The second-order valence-electron chi connectivity index (χ2n) is 5.81. The van der Waals surface area contributed by atoms with Crippen LogP contribution >= 0.6 is 0 Å². The van der Waals surface area contributed by atoms with Crippen LogP contribution < -0.4 is 5.32 Å². The third-order valence-electron chi connectivity index (χ3n) is 3.56. The summed E-state index contributed by atoms with van der Waals surface area (Å²) < 4.78 is 28.3. The van der Waals surface area contributed by atoms with Gasteiger partial charge in [-0.15, -0.1) is 0 Å². The fourth-order valence-electron chi connectivity index (χ4n) is 2.39. The Balaban J connectivity index is 2.07. The molecule has 124 valence electrons. The zero-order valence-corrected chi connectivity index (χ0v) is 13.9. The van der Waals surface area contributed by atoms with Gasteiger partial charge in [0.15, 0.2) is 15.7 Å². The van der Waals surface area contributed by atoms with Crippen LogP contribution in [0.15, 0.2) is 10.6 Å². The smallest absolute Gasteiger partial charge is 0.323 e. The zero-order chi connectivity index (χ0) is 16.3. The third-order valence-corrected chi connectivity index (χ3v) is 5.31. The fraction of sp³-hybridized carbons (Fsp3) is 0.692. The van der Waals surface area contributed by atoms with Crippen LogP contribution in [0.25, 0.3) is 0 Å². The number of amides is 2. The van der Waals surface area contributed by atoms with Crippen LogP contribution in [-0.2, 0) is 9.84 Å². The predicted octanol–water partition coefficient (Wildman–Crippen LogP) is 0.566. The number of hydrogen-bond donors (Lipinski definition) is 1. The monoisotopic (exact) mass is 330 g/mol. The SMILES string of the molecule is Cc1cc(NC(=O)N(CCN(C)C)C2CCS(=O)(=O)C2)no1. The Morgan fingerprint density at radius 2 is 2.18 bits per heavy atom. The molecule has 2 amide bonds. The van der Waals surface area contributed by atoms with Crippen molar-refractivity contribution >= 4 is 21.7 Å². The summed E-state index contributed by atoms with van der Waals surface area (Å²) in [6, 6.07) is 0.975. The van der Waals surface area contributed by atoms with Gasteiger partial charge in [-0.1, -0.05) is 5.16 Å². The van der Waals surface area contributed by atoms with Gasteiger partial charge in [0.2, 0.25) is 0 Å². The van der Waals surface area contributed by atoms with Gasteiger partial charge in [0.1, 0.15) is 5.76 Å². The van der Waals surface area contributed by atoms with Crippen molar-refractivity contribution in [2.24, 2.45) is 0 Å². The average molecular weight is 330 g/mol. The van der Waals surface area contributed by atoms with Crippen LogP contribution in [-0.4, -0.2) is 74.1 Å². The number of sulfone groups is 1. The first-order valence-electron chi connectivity index (χ1n) is 7.13. The molecule has 1 aromatic rings. The van der Waals surface area contributed by atoms with Crippen molar-refractivity contribution in [2.45, 2.75) is 19.4 Å². The highest BCUT2D eigenvalue weighted by Gasteiger charge is 2.34. The zero-order valence-electron chi connectivity index (χ0n) is 13.1. The molecular formula is C13H22N4O4S. The number of nitrogens with one attached hydrogen (secondary N) is 1. The molecule has 0 aromatic carbocycles. The summed E-state index contributed by atoms with van der Waals surface area (Å²) in [5, 5.41) is 6.39. The number of aromatic nitrogens is 1. The largest absolute Gasteiger partial charge is 0.360 e. The van der Waals surface area contributed by atoms with Crippen LogP contribution in [0.4, 0.5) is 10.6 Å². The molecule has 9 heteroatoms. The first kappa shape index (κ1) is 16.8. The minimum absolute atomic E-state index is 0.0195. The lowest BCUT2D eigenvalue weighted by molar-refractivity contribution is 0.185. The van der Waals surface area contributed by atoms with Crippen LogP contribution in [0.2, 0.25) is 0 Å². The van der Waals surface area contributed by atoms with Gasteiger partial charge < -0.3 is 14.3 Å². The van der Waals surface area contributed by atoms with E-state index in [9.17, 15) is 13.2 Å². The fourth-order valence-corrected chi connectivity index (χ4v) is 4.12. The molecule has 8 nitrogen and oxygen atoms in total. The van der Waals surface area contributed by atoms with Crippen LogP contribution in [0.1, 0.15) is 12.2 Å². The predicted molar refractivity (Wildman–Crippen MR) is 82.6 cm³/mol. The Morgan fingerprint density at radius 3 is 2.68 bits per heavy atom. The molecule has 2 heterocycles. The van der Waals surface area contributed by atoms with E-state index in [1.54, 1.807) is 17.9 Å². The highest BCUT2D eigenvalue weighted by molar-refractivity contribution is 7.91. The van der Waals surface area contributed by atoms with Crippen LogP contribution in [0.5, 0.6) is 0 Å². The molecule has 1 aliphatic heterocycles. The summed E-state index contributed by atoms with van der Waals surface area (Å²) in [6.45, 7) is 2.84. The van der Waals surface area contributed by atoms with E-state index < -0.39 is 9.84 Å². The molecular weight excluding hydrogens is 308 g/mol. The second kappa shape index (κ2) is 6.66. The molecule has 0 spiro atoms. The highest BCUT2D eigenvalue weighted by Crippen LogP contribution is 2.19. The van der Waals surface area contributed by atoms with E-state index in [0.29, 0.717) is 31.1 Å². The number of carbonyl (C=O) groups excluding carboxylic acids is 1. The van der Waals surface area contributed by atoms with E-state index in [4.69, 9.17) is 4.52 Å². The van der Waals surface area contributed by atoms with E-state index >= 15 is 0 Å². The Labute approximate surface area is 130 Å². The molecule has 0 aliphatic carbocycles. The highest BCUT2D eigenvalue weighted by atomic mass is 32.2. The molecule has 22 heavy (non-hydrogen) atoms. The maximum Gasteiger partial charge on any atom is 0.323 e. The summed E-state index contributed by atoms with van der Waals surface area (Å²) in [5.41, 5.74) is 0. The Morgan fingerprint density at radius 1 is 1.45 bits per heavy atom. The molecule has 1 N–H and O–H groups in total. The summed E-state index contributed by atoms with van der Waals surface area (Å²) in [4.78, 5) is 16.0. The van der Waals surface area contributed by atoms with Crippen LogP contribution in [0.3, 0.4) is 0 Å². The van der Waals surface area contributed by atoms with Gasteiger partial charge in [-0.3, -0.25) is 5.32 Å². The third kappa shape index (κ3) is 4.44. The Kier molecular flexibility index (Phi) is 5.07. The number of carbonyl (C=O) groups is 1. The normalized spacial score (nSPS) is 20.3. The number of anilines is 1. The standard InChI is InChI=1S/C13H22N4O4S/c1-10-8-12(15-21-10)14-13(18)17(6-5-16(2)3)11-4-7-22(19,20)9-11/h8,11H,4-7,9H2,1-3H3,(H,14,15,18). The van der Waals surface area contributed by atoms with E-state index in [1.807, 2.05) is 19.0 Å². The topological polar surface area (TPSA) is 95.8 Å². The lowest BCUT2D eigenvalue weighted by atomic mass is 10.2. The second-order valence-corrected chi connectivity index (χ2v) is 8.04. The van der Waals surface area contributed by atoms with E-state index in [-0.39, 0.29) is 23.6 Å². The molecule has 1 aromatic heterocycles. The maximum absolute atomic E-state index is 12.5. The number of likely N-dealkylation sites (N-methyl/N-ethyl adjacent to an activating group) is 1. The van der Waals surface area contributed by atoms with Crippen molar-refractivity contribution in [1.82, 2.24) is 15.0 Å². The average Bonchev–Trinajstić information content (AvgIpc) is 2.95. The minimum atomic E-state index is -3.05. The number of rotatable bonds is 5. The number of urea groups is 1. The summed E-state index contributed by atoms with van der Waals surface area (Å²) in [7, 11) is 0.760. The van der Waals surface area contributed by atoms with Crippen molar-refractivity contribution < 1.29 is 17.7 Å². The maximum atomic E-state index is 12.5. The van der Waals surface area contributed by atoms with Gasteiger partial charge in [-0.25, -0.2) is 13.2 Å². The number of nitrogens with zero attached hydrogens (tertiary/aromatic N) is 3. The molecule has 1 atom stereocenters. The van der Waals surface area contributed by atoms with Crippen molar-refractivity contribution in [3.05, 3.63) is 11.8 Å².